The predicted octanol–water partition coefficient (Wildman–Crippen LogP) is 4.21. The highest BCUT2D eigenvalue weighted by molar-refractivity contribution is 9.10. The number of hydrogen-bond donors (Lipinski definition) is 1. The quantitative estimate of drug-likeness (QED) is 0.602. The van der Waals surface area contributed by atoms with Gasteiger partial charge in [-0.2, -0.15) is 5.26 Å². The highest BCUT2D eigenvalue weighted by Crippen LogP contribution is 2.22. The SMILES string of the molecule is CNC(C)(C#N)CCCCSc1ccc(Br)cc1. The molecule has 0 heterocycles. The first-order chi connectivity index (χ1) is 8.59. The Kier molecular flexibility index (Phi) is 6.77. The molecule has 1 aromatic rings. The summed E-state index contributed by atoms with van der Waals surface area (Å²) >= 11 is 5.30. The van der Waals surface area contributed by atoms with Gasteiger partial charge in [-0.25, -0.2) is 0 Å². The maximum Gasteiger partial charge on any atom is 0.103 e. The van der Waals surface area contributed by atoms with Crippen LogP contribution in [0.2, 0.25) is 0 Å². The van der Waals surface area contributed by atoms with E-state index in [9.17, 15) is 0 Å². The van der Waals surface area contributed by atoms with E-state index in [0.29, 0.717) is 0 Å². The molecule has 0 aliphatic rings. The summed E-state index contributed by atoms with van der Waals surface area (Å²) in [5.74, 6) is 1.10. The molecule has 0 radical (unpaired) electrons. The van der Waals surface area contributed by atoms with E-state index in [0.717, 1.165) is 29.5 Å². The number of thioether (sulfide) groups is 1. The molecule has 98 valence electrons. The van der Waals surface area contributed by atoms with Crippen molar-refractivity contribution < 1.29 is 0 Å². The molecule has 1 aromatic carbocycles. The number of halogens is 1. The summed E-state index contributed by atoms with van der Waals surface area (Å²) in [5.41, 5.74) is -0.373. The molecule has 0 aromatic heterocycles. The number of hydrogen-bond acceptors (Lipinski definition) is 3. The van der Waals surface area contributed by atoms with Crippen molar-refractivity contribution in [1.29, 1.82) is 5.26 Å². The number of unbranched alkanes of at least 4 members (excludes halogenated alkanes) is 1. The van der Waals surface area contributed by atoms with Gasteiger partial charge in [-0.15, -0.1) is 11.8 Å². The number of rotatable bonds is 7. The lowest BCUT2D eigenvalue weighted by Crippen LogP contribution is -2.37. The second kappa shape index (κ2) is 7.83. The number of nitrogens with one attached hydrogen (secondary N) is 1. The van der Waals surface area contributed by atoms with E-state index in [4.69, 9.17) is 5.26 Å². The van der Waals surface area contributed by atoms with E-state index in [2.05, 4.69) is 51.6 Å². The van der Waals surface area contributed by atoms with Crippen LogP contribution in [0.4, 0.5) is 0 Å². The molecule has 18 heavy (non-hydrogen) atoms. The molecule has 1 atom stereocenters. The lowest BCUT2D eigenvalue weighted by Gasteiger charge is -2.20. The third kappa shape index (κ3) is 5.43. The molecule has 2 nitrogen and oxygen atoms in total. The van der Waals surface area contributed by atoms with Gasteiger partial charge in [0, 0.05) is 9.37 Å². The Morgan fingerprint density at radius 2 is 2.00 bits per heavy atom. The van der Waals surface area contributed by atoms with E-state index in [-0.39, 0.29) is 5.54 Å². The molecule has 4 heteroatoms. The topological polar surface area (TPSA) is 35.8 Å². The smallest absolute Gasteiger partial charge is 0.103 e. The summed E-state index contributed by atoms with van der Waals surface area (Å²) in [7, 11) is 1.85. The second-order valence-corrected chi connectivity index (χ2v) is 6.54. The Morgan fingerprint density at radius 3 is 2.56 bits per heavy atom. The fourth-order valence-corrected chi connectivity index (χ4v) is 2.72. The highest BCUT2D eigenvalue weighted by atomic mass is 79.9. The van der Waals surface area contributed by atoms with Crippen LogP contribution in [0.25, 0.3) is 0 Å². The van der Waals surface area contributed by atoms with Crippen LogP contribution in [0.15, 0.2) is 33.6 Å². The monoisotopic (exact) mass is 326 g/mol. The van der Waals surface area contributed by atoms with E-state index in [1.807, 2.05) is 25.7 Å². The minimum Gasteiger partial charge on any atom is -0.303 e. The lowest BCUT2D eigenvalue weighted by atomic mass is 9.97. The average molecular weight is 327 g/mol. The minimum absolute atomic E-state index is 0.373. The summed E-state index contributed by atoms with van der Waals surface area (Å²) < 4.78 is 1.12. The zero-order valence-electron chi connectivity index (χ0n) is 10.9. The van der Waals surface area contributed by atoms with E-state index >= 15 is 0 Å². The van der Waals surface area contributed by atoms with Gasteiger partial charge in [0.2, 0.25) is 0 Å². The second-order valence-electron chi connectivity index (χ2n) is 4.45. The van der Waals surface area contributed by atoms with Crippen molar-refractivity contribution in [2.45, 2.75) is 36.6 Å². The van der Waals surface area contributed by atoms with Crippen LogP contribution in [0.3, 0.4) is 0 Å². The van der Waals surface area contributed by atoms with Crippen LogP contribution in [0.1, 0.15) is 26.2 Å². The molecule has 0 amide bonds. The van der Waals surface area contributed by atoms with E-state index in [1.54, 1.807) is 0 Å². The van der Waals surface area contributed by atoms with Crippen LogP contribution in [0, 0.1) is 11.3 Å². The molecule has 0 bridgehead atoms. The van der Waals surface area contributed by atoms with Crippen molar-refractivity contribution in [3.8, 4) is 6.07 Å². The first-order valence-corrected chi connectivity index (χ1v) is 7.86. The minimum atomic E-state index is -0.373. The summed E-state index contributed by atoms with van der Waals surface area (Å²) in [6, 6.07) is 10.7. The van der Waals surface area contributed by atoms with E-state index in [1.165, 1.54) is 4.90 Å². The van der Waals surface area contributed by atoms with Gasteiger partial charge in [0.15, 0.2) is 0 Å². The lowest BCUT2D eigenvalue weighted by molar-refractivity contribution is 0.439. The Hall–Kier alpha value is -0.500. The first kappa shape index (κ1) is 15.6. The van der Waals surface area contributed by atoms with Crippen molar-refractivity contribution in [2.75, 3.05) is 12.8 Å². The zero-order chi connectivity index (χ0) is 13.4. The van der Waals surface area contributed by atoms with Crippen LogP contribution in [0.5, 0.6) is 0 Å². The largest absolute Gasteiger partial charge is 0.303 e. The zero-order valence-corrected chi connectivity index (χ0v) is 13.3. The van der Waals surface area contributed by atoms with Crippen molar-refractivity contribution in [3.63, 3.8) is 0 Å². The molecule has 0 saturated carbocycles. The number of nitriles is 1. The third-order valence-corrected chi connectivity index (χ3v) is 4.58. The first-order valence-electron chi connectivity index (χ1n) is 6.08. The van der Waals surface area contributed by atoms with Gasteiger partial charge in [-0.1, -0.05) is 15.9 Å². The van der Waals surface area contributed by atoms with Crippen molar-refractivity contribution in [2.24, 2.45) is 0 Å². The Balaban J connectivity index is 2.20. The fourth-order valence-electron chi connectivity index (χ4n) is 1.54. The van der Waals surface area contributed by atoms with Crippen molar-refractivity contribution in [1.82, 2.24) is 5.32 Å². The van der Waals surface area contributed by atoms with Crippen LogP contribution >= 0.6 is 27.7 Å². The van der Waals surface area contributed by atoms with Crippen molar-refractivity contribution >= 4 is 27.7 Å². The van der Waals surface area contributed by atoms with Gasteiger partial charge in [0.25, 0.3) is 0 Å². The highest BCUT2D eigenvalue weighted by Gasteiger charge is 2.19. The van der Waals surface area contributed by atoms with Crippen LogP contribution < -0.4 is 5.32 Å². The molecule has 1 unspecified atom stereocenters. The Morgan fingerprint density at radius 1 is 1.33 bits per heavy atom. The Labute approximate surface area is 122 Å². The number of nitrogens with zero attached hydrogens (tertiary/aromatic N) is 1. The van der Waals surface area contributed by atoms with Gasteiger partial charge < -0.3 is 5.32 Å². The predicted molar refractivity (Wildman–Crippen MR) is 81.8 cm³/mol. The van der Waals surface area contributed by atoms with Crippen molar-refractivity contribution in [3.05, 3.63) is 28.7 Å². The molecular weight excluding hydrogens is 308 g/mol. The van der Waals surface area contributed by atoms with Gasteiger partial charge >= 0.3 is 0 Å². The molecule has 0 spiro atoms. The van der Waals surface area contributed by atoms with E-state index < -0.39 is 0 Å². The fraction of sp³-hybridized carbons (Fsp3) is 0.500. The molecular formula is C14H19BrN2S. The molecule has 1 N–H and O–H groups in total. The van der Waals surface area contributed by atoms with Gasteiger partial charge in [-0.05, 0) is 63.3 Å². The molecule has 0 aliphatic carbocycles. The molecule has 0 saturated heterocycles. The summed E-state index contributed by atoms with van der Waals surface area (Å²) in [4.78, 5) is 1.30. The average Bonchev–Trinajstić information content (AvgIpc) is 2.40. The summed E-state index contributed by atoms with van der Waals surface area (Å²) in [6.45, 7) is 1.95. The normalized spacial score (nSPS) is 13.9. The third-order valence-electron chi connectivity index (χ3n) is 2.95. The van der Waals surface area contributed by atoms with Gasteiger partial charge in [0.05, 0.1) is 6.07 Å². The molecule has 0 fully saturated rings. The molecule has 1 rings (SSSR count). The summed E-state index contributed by atoms with van der Waals surface area (Å²) in [6.07, 6.45) is 3.12. The van der Waals surface area contributed by atoms with Crippen LogP contribution in [-0.4, -0.2) is 18.3 Å². The van der Waals surface area contributed by atoms with Gasteiger partial charge in [0.1, 0.15) is 5.54 Å². The Bertz CT molecular complexity index is 399. The maximum atomic E-state index is 9.02. The number of benzene rings is 1. The van der Waals surface area contributed by atoms with Crippen LogP contribution in [-0.2, 0) is 0 Å². The summed E-state index contributed by atoms with van der Waals surface area (Å²) in [5, 5.41) is 12.1. The van der Waals surface area contributed by atoms with Gasteiger partial charge in [-0.3, -0.25) is 0 Å². The maximum absolute atomic E-state index is 9.02. The standard InChI is InChI=1S/C14H19BrN2S/c1-14(11-16,17-2)9-3-4-10-18-13-7-5-12(15)6-8-13/h5-8,17H,3-4,9-10H2,1-2H3. The molecule has 0 aliphatic heterocycles.